The van der Waals surface area contributed by atoms with Crippen molar-refractivity contribution in [2.24, 2.45) is 0 Å². The molecular weight excluding hydrogens is 814 g/mol. The molecule has 5 aromatic rings. The molecule has 17 heteroatoms. The fourth-order valence-electron chi connectivity index (χ4n) is 8.21. The van der Waals surface area contributed by atoms with E-state index in [1.54, 1.807) is 18.5 Å². The summed E-state index contributed by atoms with van der Waals surface area (Å²) < 4.78 is 90.6. The number of alkyl halides is 6. The van der Waals surface area contributed by atoms with E-state index in [0.717, 1.165) is 34.9 Å². The lowest BCUT2D eigenvalue weighted by atomic mass is 9.96. The van der Waals surface area contributed by atoms with E-state index in [1.807, 2.05) is 36.4 Å². The van der Waals surface area contributed by atoms with Gasteiger partial charge in [0.05, 0.1) is 41.5 Å². The number of nitrogens with zero attached hydrogens (tertiary/aromatic N) is 6. The summed E-state index contributed by atoms with van der Waals surface area (Å²) >= 11 is 5.86. The van der Waals surface area contributed by atoms with Crippen LogP contribution in [0, 0.1) is 0 Å². The van der Waals surface area contributed by atoms with Crippen molar-refractivity contribution in [3.8, 4) is 0 Å². The van der Waals surface area contributed by atoms with Crippen LogP contribution in [0.4, 0.5) is 26.3 Å². The number of rotatable bonds is 8. The molecule has 0 aliphatic carbocycles. The zero-order valence-corrected chi connectivity index (χ0v) is 34.5. The third-order valence-corrected chi connectivity index (χ3v) is 16.6. The van der Waals surface area contributed by atoms with Crippen LogP contribution in [0.25, 0.3) is 0 Å². The maximum absolute atomic E-state index is 14.7. The minimum absolute atomic E-state index is 0.0516. The average Bonchev–Trinajstić information content (AvgIpc) is 3.56. The molecule has 0 fully saturated rings. The summed E-state index contributed by atoms with van der Waals surface area (Å²) in [6.07, 6.45) is -7.27. The molecule has 3 aromatic carbocycles. The number of hydrogen-bond donors (Lipinski definition) is 0. The van der Waals surface area contributed by atoms with Gasteiger partial charge in [-0.1, -0.05) is 93.0 Å². The van der Waals surface area contributed by atoms with Crippen LogP contribution >= 0.6 is 11.6 Å². The van der Waals surface area contributed by atoms with Gasteiger partial charge in [0.15, 0.2) is 0 Å². The highest BCUT2D eigenvalue weighted by molar-refractivity contribution is 6.99. The van der Waals surface area contributed by atoms with Crippen LogP contribution in [0.2, 0.25) is 10.1 Å². The van der Waals surface area contributed by atoms with Gasteiger partial charge in [-0.2, -0.15) is 31.4 Å². The van der Waals surface area contributed by atoms with Crippen molar-refractivity contribution < 1.29 is 40.4 Å². The molecule has 0 N–H and O–H groups in total. The van der Waals surface area contributed by atoms with Crippen molar-refractivity contribution in [2.75, 3.05) is 13.2 Å². The fourth-order valence-corrected chi connectivity index (χ4v) is 13.0. The normalized spacial score (nSPS) is 18.1. The van der Waals surface area contributed by atoms with Crippen LogP contribution < -0.4 is 10.4 Å². The number of aromatic nitrogens is 4. The maximum atomic E-state index is 14.7. The first-order valence-electron chi connectivity index (χ1n) is 19.0. The van der Waals surface area contributed by atoms with Gasteiger partial charge >= 0.3 is 12.4 Å². The highest BCUT2D eigenvalue weighted by Gasteiger charge is 2.51. The van der Waals surface area contributed by atoms with Gasteiger partial charge in [0, 0.05) is 48.1 Å². The molecule has 4 heterocycles. The molecule has 310 valence electrons. The first-order chi connectivity index (χ1) is 27.7. The number of hydrogen-bond acceptors (Lipinski definition) is 6. The van der Waals surface area contributed by atoms with Gasteiger partial charge in [-0.15, -0.1) is 0 Å². The van der Waals surface area contributed by atoms with E-state index in [2.05, 4.69) is 55.0 Å². The van der Waals surface area contributed by atoms with Crippen LogP contribution in [0.1, 0.15) is 95.8 Å². The Kier molecular flexibility index (Phi) is 11.1. The summed E-state index contributed by atoms with van der Waals surface area (Å²) in [5, 5.41) is 6.07. The van der Waals surface area contributed by atoms with E-state index in [4.69, 9.17) is 21.1 Å². The molecule has 59 heavy (non-hydrogen) atoms. The van der Waals surface area contributed by atoms with Crippen LogP contribution in [0.5, 0.6) is 0 Å². The molecule has 0 saturated heterocycles. The predicted octanol–water partition coefficient (Wildman–Crippen LogP) is 8.29. The number of carbonyl (C=O) groups excluding carboxylic acids is 2. The SMILES string of the molecule is CC(c1cnc(C(F)(F)F)nc1)N1C[C@@H](CO[Si](c2ccccc2)(c2ccccc2)C(C)(C)C)n2nc3c(c2C1=O)CN(C(=O)c1ccc(Cl)c(C(F)(F)F)c1)[C@H](C)C3. The summed E-state index contributed by atoms with van der Waals surface area (Å²) in [5.41, 5.74) is 0.00194. The lowest BCUT2D eigenvalue weighted by molar-refractivity contribution is -0.145. The second-order valence-corrected chi connectivity index (χ2v) is 20.7. The van der Waals surface area contributed by atoms with E-state index in [-0.39, 0.29) is 42.9 Å². The highest BCUT2D eigenvalue weighted by atomic mass is 35.5. The van der Waals surface area contributed by atoms with Crippen molar-refractivity contribution in [1.29, 1.82) is 0 Å². The zero-order valence-electron chi connectivity index (χ0n) is 32.8. The van der Waals surface area contributed by atoms with E-state index < -0.39 is 72.1 Å². The van der Waals surface area contributed by atoms with E-state index in [9.17, 15) is 35.9 Å². The van der Waals surface area contributed by atoms with Crippen molar-refractivity contribution >= 4 is 42.1 Å². The molecule has 0 saturated carbocycles. The van der Waals surface area contributed by atoms with Crippen molar-refractivity contribution in [1.82, 2.24) is 29.5 Å². The topological polar surface area (TPSA) is 93.4 Å². The van der Waals surface area contributed by atoms with Gasteiger partial charge in [-0.25, -0.2) is 9.97 Å². The fraction of sp³-hybridized carbons (Fsp3) is 0.357. The Balaban J connectivity index is 1.31. The second-order valence-electron chi connectivity index (χ2n) is 16.0. The standard InChI is InChI=1S/C42H41ClF6N6O3Si/c1-25-18-35-32(23-53(25)37(56)27-16-17-34(43)33(19-27)41(44,45)46)36-38(57)54(26(2)28-20-50-39(51-21-28)42(47,48)49)22-29(55(36)52-35)24-58-59(40(3,4)5,30-12-8-6-9-13-30)31-14-10-7-11-15-31/h6-17,19-21,25-26,29H,18,22-24H2,1-5H3/t25-,26?,29+/m1/s1. The monoisotopic (exact) mass is 854 g/mol. The van der Waals surface area contributed by atoms with E-state index in [0.29, 0.717) is 11.3 Å². The van der Waals surface area contributed by atoms with Crippen molar-refractivity contribution in [3.05, 3.63) is 136 Å². The van der Waals surface area contributed by atoms with Gasteiger partial charge in [0.1, 0.15) is 5.69 Å². The molecule has 2 aliphatic rings. The number of benzene rings is 3. The highest BCUT2D eigenvalue weighted by Crippen LogP contribution is 2.41. The molecule has 7 rings (SSSR count). The van der Waals surface area contributed by atoms with Crippen LogP contribution in [0.3, 0.4) is 0 Å². The minimum Gasteiger partial charge on any atom is -0.405 e. The largest absolute Gasteiger partial charge is 0.451 e. The summed E-state index contributed by atoms with van der Waals surface area (Å²) in [4.78, 5) is 38.7. The molecule has 2 aliphatic heterocycles. The molecule has 2 amide bonds. The van der Waals surface area contributed by atoms with Crippen LogP contribution in [-0.4, -0.2) is 68.9 Å². The molecule has 3 atom stereocenters. The van der Waals surface area contributed by atoms with Gasteiger partial charge in [0.25, 0.3) is 20.1 Å². The summed E-state index contributed by atoms with van der Waals surface area (Å²) in [5.74, 6) is -2.50. The zero-order chi connectivity index (χ0) is 42.7. The molecule has 9 nitrogen and oxygen atoms in total. The van der Waals surface area contributed by atoms with Crippen LogP contribution in [-0.2, 0) is 29.7 Å². The Hall–Kier alpha value is -5.06. The van der Waals surface area contributed by atoms with Crippen molar-refractivity contribution in [3.63, 3.8) is 0 Å². The summed E-state index contributed by atoms with van der Waals surface area (Å²) in [7, 11) is -3.13. The lowest BCUT2D eigenvalue weighted by Gasteiger charge is -2.45. The third-order valence-electron chi connectivity index (χ3n) is 11.2. The Morgan fingerprint density at radius 1 is 0.915 bits per heavy atom. The van der Waals surface area contributed by atoms with Crippen molar-refractivity contribution in [2.45, 2.75) is 83.1 Å². The van der Waals surface area contributed by atoms with Crippen LogP contribution in [0.15, 0.2) is 91.3 Å². The van der Waals surface area contributed by atoms with Gasteiger partial charge in [-0.05, 0) is 47.5 Å². The molecule has 2 aromatic heterocycles. The summed E-state index contributed by atoms with van der Waals surface area (Å²) in [6, 6.07) is 21.0. The quantitative estimate of drug-likeness (QED) is 0.115. The number of carbonyl (C=O) groups is 2. The first-order valence-corrected chi connectivity index (χ1v) is 21.2. The third kappa shape index (κ3) is 7.77. The smallest absolute Gasteiger partial charge is 0.405 e. The summed E-state index contributed by atoms with van der Waals surface area (Å²) in [6.45, 7) is 9.79. The van der Waals surface area contributed by atoms with Gasteiger partial charge < -0.3 is 14.2 Å². The molecule has 0 bridgehead atoms. The maximum Gasteiger partial charge on any atom is 0.451 e. The molecular formula is C42H41ClF6N6O3Si. The second kappa shape index (κ2) is 15.5. The lowest BCUT2D eigenvalue weighted by Crippen LogP contribution is -2.67. The van der Waals surface area contributed by atoms with Gasteiger partial charge in [0.2, 0.25) is 5.82 Å². The average molecular weight is 855 g/mol. The Morgan fingerprint density at radius 2 is 1.51 bits per heavy atom. The number of halogens is 7. The van der Waals surface area contributed by atoms with Gasteiger partial charge in [-0.3, -0.25) is 14.3 Å². The molecule has 0 radical (unpaired) electrons. The van der Waals surface area contributed by atoms with E-state index in [1.165, 1.54) is 15.9 Å². The Bertz CT molecular complexity index is 2310. The molecule has 0 spiro atoms. The number of fused-ring (bicyclic) bond motifs is 3. The Morgan fingerprint density at radius 3 is 2.05 bits per heavy atom. The Labute approximate surface area is 343 Å². The van der Waals surface area contributed by atoms with E-state index >= 15 is 0 Å². The minimum atomic E-state index is -4.80. The first kappa shape index (κ1) is 42.1. The predicted molar refractivity (Wildman–Crippen MR) is 211 cm³/mol. The number of amides is 2. The molecule has 1 unspecified atom stereocenters.